The molecule has 0 aliphatic heterocycles. The molecule has 0 spiro atoms. The maximum atomic E-state index is 13.1. The Balaban J connectivity index is 1.64. The highest BCUT2D eigenvalue weighted by molar-refractivity contribution is 6.34. The van der Waals surface area contributed by atoms with Crippen LogP contribution in [-0.4, -0.2) is 33.2 Å². The third-order valence-corrected chi connectivity index (χ3v) is 4.63. The van der Waals surface area contributed by atoms with Gasteiger partial charge in [-0.3, -0.25) is 4.79 Å². The van der Waals surface area contributed by atoms with Crippen LogP contribution in [0.4, 0.5) is 18.9 Å². The molecule has 0 radical (unpaired) electrons. The number of alkyl halides is 3. The number of carbonyl (C=O) groups is 1. The van der Waals surface area contributed by atoms with Crippen LogP contribution in [0, 0.1) is 6.92 Å². The smallest absolute Gasteiger partial charge is 0.416 e. The van der Waals surface area contributed by atoms with Gasteiger partial charge in [-0.1, -0.05) is 22.8 Å². The molecule has 0 aliphatic rings. The largest absolute Gasteiger partial charge is 0.480 e. The second-order valence-corrected chi connectivity index (χ2v) is 6.90. The summed E-state index contributed by atoms with van der Waals surface area (Å²) in [6.07, 6.45) is -4.89. The van der Waals surface area contributed by atoms with Gasteiger partial charge in [0.25, 0.3) is 5.91 Å². The van der Waals surface area contributed by atoms with Gasteiger partial charge in [0.1, 0.15) is 17.0 Å². The number of nitrogens with one attached hydrogen (secondary N) is 2. The summed E-state index contributed by atoms with van der Waals surface area (Å²) in [4.78, 5) is 19.8. The summed E-state index contributed by atoms with van der Waals surface area (Å²) >= 11 is 6.00. The summed E-state index contributed by atoms with van der Waals surface area (Å²) in [7, 11) is 1.34. The number of benzene rings is 1. The molecule has 3 N–H and O–H groups in total. The summed E-state index contributed by atoms with van der Waals surface area (Å²) in [5.41, 5.74) is -0.601. The lowest BCUT2D eigenvalue weighted by Crippen LogP contribution is -2.24. The number of ether oxygens (including phenoxy) is 1. The van der Waals surface area contributed by atoms with Crippen LogP contribution in [0.5, 0.6) is 5.88 Å². The first-order valence-corrected chi connectivity index (χ1v) is 9.38. The minimum absolute atomic E-state index is 0.0361. The first-order chi connectivity index (χ1) is 15.1. The van der Waals surface area contributed by atoms with E-state index >= 15 is 0 Å². The monoisotopic (exact) mass is 471 g/mol. The number of nitrogens with zero attached hydrogens (tertiary/aromatic N) is 3. The van der Waals surface area contributed by atoms with Crippen LogP contribution in [0.2, 0.25) is 5.02 Å². The molecular weight excluding hydrogens is 455 g/mol. The van der Waals surface area contributed by atoms with Crippen molar-refractivity contribution in [2.24, 2.45) is 0 Å². The number of halogens is 4. The number of rotatable bonds is 7. The van der Waals surface area contributed by atoms with Crippen LogP contribution in [0.25, 0.3) is 0 Å². The predicted octanol–water partition coefficient (Wildman–Crippen LogP) is 3.49. The second-order valence-electron chi connectivity index (χ2n) is 6.52. The lowest BCUT2D eigenvalue weighted by Gasteiger charge is -2.15. The number of aliphatic hydroxyl groups is 1. The van der Waals surface area contributed by atoms with Crippen molar-refractivity contribution in [1.82, 2.24) is 20.4 Å². The molecule has 3 aromatic rings. The Morgan fingerprint density at radius 2 is 2.06 bits per heavy atom. The lowest BCUT2D eigenvalue weighted by molar-refractivity contribution is -0.138. The molecule has 0 fully saturated rings. The Morgan fingerprint density at radius 3 is 2.75 bits per heavy atom. The summed E-state index contributed by atoms with van der Waals surface area (Å²) in [6.45, 7) is 1.24. The highest BCUT2D eigenvalue weighted by Crippen LogP contribution is 2.34. The minimum Gasteiger partial charge on any atom is -0.480 e. The van der Waals surface area contributed by atoms with Gasteiger partial charge in [0.2, 0.25) is 5.88 Å². The molecule has 0 aliphatic carbocycles. The Hall–Kier alpha value is -3.38. The predicted molar refractivity (Wildman–Crippen MR) is 106 cm³/mol. The highest BCUT2D eigenvalue weighted by Gasteiger charge is 2.32. The van der Waals surface area contributed by atoms with E-state index in [0.717, 1.165) is 12.4 Å². The summed E-state index contributed by atoms with van der Waals surface area (Å²) < 4.78 is 49.1. The van der Waals surface area contributed by atoms with E-state index < -0.39 is 23.9 Å². The first-order valence-electron chi connectivity index (χ1n) is 9.00. The van der Waals surface area contributed by atoms with Gasteiger partial charge in [0, 0.05) is 11.8 Å². The van der Waals surface area contributed by atoms with E-state index in [2.05, 4.69) is 25.8 Å². The standard InChI is InChI=1S/C19H17ClF3N5O4/c1-9-3-4-10(5-12(9)19(21,22)23)27-16(29)13-6-11(28-32-13)7-24-17(30)15-14(20)18(31-2)26-8-25-15/h3-6,8,16,27,29H,7H2,1-2H3,(H,24,30). The van der Waals surface area contributed by atoms with E-state index in [1.54, 1.807) is 0 Å². The summed E-state index contributed by atoms with van der Waals surface area (Å²) in [5, 5.41) is 18.9. The van der Waals surface area contributed by atoms with Gasteiger partial charge in [0.15, 0.2) is 17.7 Å². The van der Waals surface area contributed by atoms with Crippen LogP contribution in [0.3, 0.4) is 0 Å². The lowest BCUT2D eigenvalue weighted by atomic mass is 10.1. The minimum atomic E-state index is -4.53. The maximum Gasteiger partial charge on any atom is 0.416 e. The number of hydrogen-bond acceptors (Lipinski definition) is 8. The molecular formula is C19H17ClF3N5O4. The number of aliphatic hydroxyl groups excluding tert-OH is 1. The summed E-state index contributed by atoms with van der Waals surface area (Å²) in [5.74, 6) is -0.655. The van der Waals surface area contributed by atoms with Crippen molar-refractivity contribution in [3.8, 4) is 5.88 Å². The molecule has 1 atom stereocenters. The molecule has 170 valence electrons. The van der Waals surface area contributed by atoms with Crippen LogP contribution in [0.15, 0.2) is 35.1 Å². The Bertz CT molecular complexity index is 1120. The van der Waals surface area contributed by atoms with Gasteiger partial charge in [-0.2, -0.15) is 13.2 Å². The van der Waals surface area contributed by atoms with Gasteiger partial charge in [-0.25, -0.2) is 9.97 Å². The maximum absolute atomic E-state index is 13.1. The van der Waals surface area contributed by atoms with Crippen molar-refractivity contribution < 1.29 is 32.3 Å². The zero-order valence-corrected chi connectivity index (χ0v) is 17.5. The molecule has 3 rings (SSSR count). The zero-order valence-electron chi connectivity index (χ0n) is 16.7. The van der Waals surface area contributed by atoms with Gasteiger partial charge < -0.3 is 25.0 Å². The third-order valence-electron chi connectivity index (χ3n) is 4.29. The molecule has 1 unspecified atom stereocenters. The van der Waals surface area contributed by atoms with Crippen molar-refractivity contribution in [2.45, 2.75) is 25.9 Å². The molecule has 1 aromatic carbocycles. The molecule has 32 heavy (non-hydrogen) atoms. The van der Waals surface area contributed by atoms with Crippen molar-refractivity contribution in [1.29, 1.82) is 0 Å². The second kappa shape index (κ2) is 9.40. The van der Waals surface area contributed by atoms with Crippen LogP contribution in [0.1, 0.15) is 39.3 Å². The zero-order chi connectivity index (χ0) is 23.5. The molecule has 2 heterocycles. The SMILES string of the molecule is COc1ncnc(C(=O)NCc2cc(C(O)Nc3ccc(C)c(C(F)(F)F)c3)on2)c1Cl. The number of carbonyl (C=O) groups excluding carboxylic acids is 1. The van der Waals surface area contributed by atoms with Crippen molar-refractivity contribution in [3.05, 3.63) is 63.9 Å². The topological polar surface area (TPSA) is 122 Å². The number of aromatic nitrogens is 3. The number of methoxy groups -OCH3 is 1. The van der Waals surface area contributed by atoms with E-state index in [1.165, 1.54) is 32.2 Å². The molecule has 1 amide bonds. The molecule has 13 heteroatoms. The fourth-order valence-electron chi connectivity index (χ4n) is 2.70. The van der Waals surface area contributed by atoms with Crippen LogP contribution < -0.4 is 15.4 Å². The highest BCUT2D eigenvalue weighted by atomic mass is 35.5. The molecule has 0 saturated carbocycles. The number of hydrogen-bond donors (Lipinski definition) is 3. The van der Waals surface area contributed by atoms with Crippen molar-refractivity contribution in [2.75, 3.05) is 12.4 Å². The normalized spacial score (nSPS) is 12.3. The van der Waals surface area contributed by atoms with Crippen molar-refractivity contribution in [3.63, 3.8) is 0 Å². The number of anilines is 1. The van der Waals surface area contributed by atoms with Crippen LogP contribution in [-0.2, 0) is 12.7 Å². The van der Waals surface area contributed by atoms with Gasteiger partial charge >= 0.3 is 6.18 Å². The van der Waals surface area contributed by atoms with Crippen LogP contribution >= 0.6 is 11.6 Å². The molecule has 9 nitrogen and oxygen atoms in total. The quantitative estimate of drug-likeness (QED) is 0.448. The number of aryl methyl sites for hydroxylation is 1. The van der Waals surface area contributed by atoms with E-state index in [0.29, 0.717) is 0 Å². The number of amides is 1. The average Bonchev–Trinajstić information content (AvgIpc) is 3.22. The first kappa shape index (κ1) is 23.3. The van der Waals surface area contributed by atoms with E-state index in [9.17, 15) is 23.1 Å². The van der Waals surface area contributed by atoms with E-state index in [4.69, 9.17) is 20.9 Å². The van der Waals surface area contributed by atoms with E-state index in [1.807, 2.05) is 0 Å². The fourth-order valence-corrected chi connectivity index (χ4v) is 2.96. The average molecular weight is 472 g/mol. The molecule has 0 bridgehead atoms. The van der Waals surface area contributed by atoms with Crippen molar-refractivity contribution >= 4 is 23.2 Å². The third kappa shape index (κ3) is 5.26. The van der Waals surface area contributed by atoms with Gasteiger partial charge in [-0.05, 0) is 24.6 Å². The Morgan fingerprint density at radius 1 is 1.31 bits per heavy atom. The molecule has 2 aromatic heterocycles. The Labute approximate surface area is 184 Å². The van der Waals surface area contributed by atoms with Gasteiger partial charge in [-0.15, -0.1) is 0 Å². The van der Waals surface area contributed by atoms with Gasteiger partial charge in [0.05, 0.1) is 19.2 Å². The Kier molecular flexibility index (Phi) is 6.84. The van der Waals surface area contributed by atoms with E-state index in [-0.39, 0.29) is 45.8 Å². The fraction of sp³-hybridized carbons (Fsp3) is 0.263. The summed E-state index contributed by atoms with van der Waals surface area (Å²) in [6, 6.07) is 4.90. The molecule has 0 saturated heterocycles.